The molecule has 5 nitrogen and oxygen atoms in total. The second kappa shape index (κ2) is 4.70. The molecule has 0 aliphatic carbocycles. The molecule has 0 unspecified atom stereocenters. The van der Waals surface area contributed by atoms with Gasteiger partial charge in [0, 0.05) is 14.1 Å². The molecule has 2 aromatic rings. The SMILES string of the molecule is COC(=O)c1sc2nc(N(C)C)nc(Cl)c2c1C. The number of fused-ring (bicyclic) bond motifs is 1. The minimum Gasteiger partial charge on any atom is -0.465 e. The quantitative estimate of drug-likeness (QED) is 0.627. The Morgan fingerprint density at radius 1 is 1.39 bits per heavy atom. The Morgan fingerprint density at radius 2 is 2.06 bits per heavy atom. The number of aromatic nitrogens is 2. The van der Waals surface area contributed by atoms with E-state index in [0.717, 1.165) is 5.56 Å². The van der Waals surface area contributed by atoms with Crippen molar-refractivity contribution in [1.29, 1.82) is 0 Å². The van der Waals surface area contributed by atoms with Crippen molar-refractivity contribution in [1.82, 2.24) is 9.97 Å². The van der Waals surface area contributed by atoms with Gasteiger partial charge < -0.3 is 9.64 Å². The highest BCUT2D eigenvalue weighted by molar-refractivity contribution is 7.20. The lowest BCUT2D eigenvalue weighted by Crippen LogP contribution is -2.12. The summed E-state index contributed by atoms with van der Waals surface area (Å²) >= 11 is 7.42. The molecule has 0 aliphatic heterocycles. The number of anilines is 1. The number of carbonyl (C=O) groups excluding carboxylic acids is 1. The summed E-state index contributed by atoms with van der Waals surface area (Å²) in [5.41, 5.74) is 0.761. The fraction of sp³-hybridized carbons (Fsp3) is 0.364. The summed E-state index contributed by atoms with van der Waals surface area (Å²) in [7, 11) is 5.02. The summed E-state index contributed by atoms with van der Waals surface area (Å²) in [6.45, 7) is 1.82. The summed E-state index contributed by atoms with van der Waals surface area (Å²) in [5, 5.41) is 1.07. The van der Waals surface area contributed by atoms with Gasteiger partial charge in [-0.15, -0.1) is 11.3 Å². The predicted octanol–water partition coefficient (Wildman–Crippen LogP) is 2.51. The normalized spacial score (nSPS) is 10.7. The van der Waals surface area contributed by atoms with E-state index in [1.807, 2.05) is 21.0 Å². The molecule has 2 aromatic heterocycles. The topological polar surface area (TPSA) is 55.3 Å². The Hall–Kier alpha value is -1.40. The van der Waals surface area contributed by atoms with Gasteiger partial charge in [-0.3, -0.25) is 0 Å². The van der Waals surface area contributed by atoms with Gasteiger partial charge in [0.1, 0.15) is 14.9 Å². The van der Waals surface area contributed by atoms with Crippen molar-refractivity contribution in [3.63, 3.8) is 0 Å². The van der Waals surface area contributed by atoms with Crippen LogP contribution in [-0.2, 0) is 4.74 Å². The van der Waals surface area contributed by atoms with E-state index in [4.69, 9.17) is 16.3 Å². The average molecular weight is 286 g/mol. The zero-order valence-corrected chi connectivity index (χ0v) is 12.0. The average Bonchev–Trinajstić information content (AvgIpc) is 2.66. The minimum absolute atomic E-state index is 0.354. The molecule has 0 amide bonds. The minimum atomic E-state index is -0.377. The molecule has 0 saturated heterocycles. The van der Waals surface area contributed by atoms with Crippen molar-refractivity contribution < 1.29 is 9.53 Å². The van der Waals surface area contributed by atoms with Crippen LogP contribution in [0.15, 0.2) is 0 Å². The zero-order valence-electron chi connectivity index (χ0n) is 10.4. The zero-order chi connectivity index (χ0) is 13.4. The molecule has 0 saturated carbocycles. The first kappa shape index (κ1) is 13.0. The molecule has 0 aromatic carbocycles. The number of halogens is 1. The van der Waals surface area contributed by atoms with Gasteiger partial charge in [0.15, 0.2) is 0 Å². The maximum Gasteiger partial charge on any atom is 0.348 e. The molecule has 0 N–H and O–H groups in total. The number of carbonyl (C=O) groups is 1. The molecule has 96 valence electrons. The van der Waals surface area contributed by atoms with E-state index in [2.05, 4.69) is 9.97 Å². The van der Waals surface area contributed by atoms with E-state index in [1.54, 1.807) is 4.90 Å². The molecule has 2 rings (SSSR count). The van der Waals surface area contributed by atoms with Crippen molar-refractivity contribution in [2.45, 2.75) is 6.92 Å². The lowest BCUT2D eigenvalue weighted by molar-refractivity contribution is 0.0605. The number of ether oxygens (including phenoxy) is 1. The molecule has 18 heavy (non-hydrogen) atoms. The van der Waals surface area contributed by atoms with Crippen LogP contribution in [0.25, 0.3) is 10.2 Å². The molecular weight excluding hydrogens is 274 g/mol. The van der Waals surface area contributed by atoms with Crippen LogP contribution in [0.1, 0.15) is 15.2 Å². The van der Waals surface area contributed by atoms with E-state index in [1.165, 1.54) is 18.4 Å². The second-order valence-electron chi connectivity index (χ2n) is 3.94. The maximum absolute atomic E-state index is 11.6. The third kappa shape index (κ3) is 2.02. The maximum atomic E-state index is 11.6. The molecule has 0 fully saturated rings. The smallest absolute Gasteiger partial charge is 0.348 e. The molecule has 0 bridgehead atoms. The third-order valence-corrected chi connectivity index (χ3v) is 3.94. The summed E-state index contributed by atoms with van der Waals surface area (Å²) in [6.07, 6.45) is 0. The van der Waals surface area contributed by atoms with Gasteiger partial charge in [0.25, 0.3) is 0 Å². The number of esters is 1. The Bertz CT molecular complexity index is 624. The Morgan fingerprint density at radius 3 is 2.61 bits per heavy atom. The molecule has 2 heterocycles. The van der Waals surface area contributed by atoms with Crippen LogP contribution in [0, 0.1) is 6.92 Å². The first-order chi connectivity index (χ1) is 8.45. The second-order valence-corrected chi connectivity index (χ2v) is 5.29. The number of thiophene rings is 1. The number of hydrogen-bond acceptors (Lipinski definition) is 6. The number of hydrogen-bond donors (Lipinski definition) is 0. The van der Waals surface area contributed by atoms with Crippen molar-refractivity contribution >= 4 is 45.1 Å². The lowest BCUT2D eigenvalue weighted by Gasteiger charge is -2.09. The number of methoxy groups -OCH3 is 1. The lowest BCUT2D eigenvalue weighted by atomic mass is 10.2. The van der Waals surface area contributed by atoms with Crippen molar-refractivity contribution in [3.05, 3.63) is 15.6 Å². The summed E-state index contributed by atoms with van der Waals surface area (Å²) in [4.78, 5) is 23.2. The predicted molar refractivity (Wildman–Crippen MR) is 72.8 cm³/mol. The van der Waals surface area contributed by atoms with Crippen LogP contribution in [0.2, 0.25) is 5.15 Å². The van der Waals surface area contributed by atoms with Gasteiger partial charge in [0.2, 0.25) is 5.95 Å². The van der Waals surface area contributed by atoms with Gasteiger partial charge in [0.05, 0.1) is 12.5 Å². The highest BCUT2D eigenvalue weighted by Crippen LogP contribution is 2.34. The van der Waals surface area contributed by atoms with E-state index in [0.29, 0.717) is 26.2 Å². The third-order valence-electron chi connectivity index (χ3n) is 2.50. The van der Waals surface area contributed by atoms with Crippen LogP contribution >= 0.6 is 22.9 Å². The van der Waals surface area contributed by atoms with Gasteiger partial charge in [-0.25, -0.2) is 14.8 Å². The summed E-state index contributed by atoms with van der Waals surface area (Å²) in [6, 6.07) is 0. The first-order valence-electron chi connectivity index (χ1n) is 5.18. The van der Waals surface area contributed by atoms with Gasteiger partial charge in [-0.1, -0.05) is 11.6 Å². The number of rotatable bonds is 2. The highest BCUT2D eigenvalue weighted by atomic mass is 35.5. The van der Waals surface area contributed by atoms with Gasteiger partial charge in [-0.2, -0.15) is 0 Å². The Kier molecular flexibility index (Phi) is 3.41. The standard InChI is InChI=1S/C11H12ClN3O2S/c1-5-6-8(12)13-11(15(2)3)14-9(6)18-7(5)10(16)17-4/h1-4H3. The molecule has 7 heteroatoms. The van der Waals surface area contributed by atoms with E-state index in [9.17, 15) is 4.79 Å². The van der Waals surface area contributed by atoms with Crippen LogP contribution in [0.5, 0.6) is 0 Å². The van der Waals surface area contributed by atoms with E-state index >= 15 is 0 Å². The summed E-state index contributed by atoms with van der Waals surface area (Å²) < 4.78 is 4.73. The van der Waals surface area contributed by atoms with Crippen LogP contribution in [-0.4, -0.2) is 37.1 Å². The molecule has 0 atom stereocenters. The molecule has 0 aliphatic rings. The highest BCUT2D eigenvalue weighted by Gasteiger charge is 2.20. The van der Waals surface area contributed by atoms with Gasteiger partial charge in [-0.05, 0) is 12.5 Å². The van der Waals surface area contributed by atoms with Gasteiger partial charge >= 0.3 is 5.97 Å². The van der Waals surface area contributed by atoms with E-state index < -0.39 is 0 Å². The van der Waals surface area contributed by atoms with Crippen LogP contribution in [0.4, 0.5) is 5.95 Å². The molecule has 0 spiro atoms. The largest absolute Gasteiger partial charge is 0.465 e. The summed E-state index contributed by atoms with van der Waals surface area (Å²) in [5.74, 6) is 0.142. The Balaban J connectivity index is 2.72. The van der Waals surface area contributed by atoms with Crippen LogP contribution < -0.4 is 4.90 Å². The molecular formula is C11H12ClN3O2S. The Labute approximate surface area is 113 Å². The first-order valence-corrected chi connectivity index (χ1v) is 6.37. The number of aryl methyl sites for hydroxylation is 1. The fourth-order valence-electron chi connectivity index (χ4n) is 1.57. The molecule has 0 radical (unpaired) electrons. The van der Waals surface area contributed by atoms with Crippen molar-refractivity contribution in [3.8, 4) is 0 Å². The monoisotopic (exact) mass is 285 g/mol. The van der Waals surface area contributed by atoms with Crippen molar-refractivity contribution in [2.75, 3.05) is 26.1 Å². The fourth-order valence-corrected chi connectivity index (χ4v) is 3.02. The number of nitrogens with zero attached hydrogens (tertiary/aromatic N) is 3. The van der Waals surface area contributed by atoms with Crippen molar-refractivity contribution in [2.24, 2.45) is 0 Å². The van der Waals surface area contributed by atoms with E-state index in [-0.39, 0.29) is 5.97 Å². The van der Waals surface area contributed by atoms with Crippen LogP contribution in [0.3, 0.4) is 0 Å².